The molecule has 0 aromatic carbocycles. The summed E-state index contributed by atoms with van der Waals surface area (Å²) in [5.74, 6) is -2.52. The van der Waals surface area contributed by atoms with Gasteiger partial charge in [-0.15, -0.1) is 0 Å². The van der Waals surface area contributed by atoms with Gasteiger partial charge in [-0.3, -0.25) is 9.35 Å². The van der Waals surface area contributed by atoms with Gasteiger partial charge in [0, 0.05) is 4.43 Å². The summed E-state index contributed by atoms with van der Waals surface area (Å²) in [6.07, 6.45) is 4.04. The van der Waals surface area contributed by atoms with Gasteiger partial charge in [-0.2, -0.15) is 17.2 Å². The lowest BCUT2D eigenvalue weighted by molar-refractivity contribution is -0.161. The summed E-state index contributed by atoms with van der Waals surface area (Å²) in [6, 6.07) is 0. The maximum absolute atomic E-state index is 12.9. The van der Waals surface area contributed by atoms with Crippen molar-refractivity contribution in [1.29, 1.82) is 0 Å². The molecule has 1 N–H and O–H groups in total. The van der Waals surface area contributed by atoms with E-state index < -0.39 is 24.8 Å². The van der Waals surface area contributed by atoms with Crippen molar-refractivity contribution < 1.29 is 40.8 Å². The molecule has 12 heteroatoms. The number of alkyl halides is 4. The van der Waals surface area contributed by atoms with Gasteiger partial charge >= 0.3 is 27.3 Å². The van der Waals surface area contributed by atoms with E-state index in [0.29, 0.717) is 23.9 Å². The molecule has 1 unspecified atom stereocenters. The van der Waals surface area contributed by atoms with Gasteiger partial charge in [-0.1, -0.05) is 70.9 Å². The van der Waals surface area contributed by atoms with Crippen LogP contribution in [0.3, 0.4) is 0 Å². The molecule has 0 amide bonds. The topological polar surface area (TPSA) is 107 Å². The third kappa shape index (κ3) is 9.39. The number of hydrogen-bond donors (Lipinski definition) is 1. The molecular weight excluding hydrogens is 604 g/mol. The summed E-state index contributed by atoms with van der Waals surface area (Å²) in [6.45, 7) is 1.80. The van der Waals surface area contributed by atoms with E-state index in [-0.39, 0.29) is 12.6 Å². The highest BCUT2D eigenvalue weighted by Crippen LogP contribution is 2.23. The normalized spacial score (nSPS) is 14.5. The van der Waals surface area contributed by atoms with Crippen molar-refractivity contribution in [3.63, 3.8) is 0 Å². The van der Waals surface area contributed by atoms with Crippen LogP contribution in [0, 0.1) is 0 Å². The lowest BCUT2D eigenvalue weighted by Crippen LogP contribution is -2.39. The molecule has 0 spiro atoms. The Morgan fingerprint density at radius 2 is 1.35 bits per heavy atom. The maximum Gasteiger partial charge on any atom is 0.465 e. The van der Waals surface area contributed by atoms with Gasteiger partial charge in [-0.05, 0) is 19.8 Å². The minimum atomic E-state index is -5.82. The van der Waals surface area contributed by atoms with Crippen molar-refractivity contribution >= 4 is 67.2 Å². The minimum Gasteiger partial charge on any atom is -0.465 e. The lowest BCUT2D eigenvalue weighted by Gasteiger charge is -2.17. The number of unbranched alkanes of at least 4 members (excludes halogenated alkanes) is 5. The summed E-state index contributed by atoms with van der Waals surface area (Å²) < 4.78 is 64.1. The number of rotatable bonds is 13. The van der Waals surface area contributed by atoms with Crippen molar-refractivity contribution in [2.24, 2.45) is 0 Å². The summed E-state index contributed by atoms with van der Waals surface area (Å²) >= 11 is 4.18. The van der Waals surface area contributed by atoms with Gasteiger partial charge in [0.15, 0.2) is 0 Å². The monoisotopic (exact) mass is 626 g/mol. The Balaban J connectivity index is 3.70. The number of hydrogen-bond acceptors (Lipinski definition) is 6. The summed E-state index contributed by atoms with van der Waals surface area (Å²) in [5.41, 5.74) is 0. The fraction of sp³-hybridized carbons (Fsp3) is 0.857. The van der Waals surface area contributed by atoms with Crippen molar-refractivity contribution in [2.75, 3.05) is 17.6 Å². The second kappa shape index (κ2) is 11.9. The zero-order chi connectivity index (χ0) is 20.4. The van der Waals surface area contributed by atoms with Crippen molar-refractivity contribution in [3.05, 3.63) is 0 Å². The second-order valence-electron chi connectivity index (χ2n) is 5.72. The SMILES string of the molecule is CC(I)(CI)C(=O)OCCCCCCCCOC(=O)C(F)(F)S(=O)(=O)O. The molecule has 0 aromatic heterocycles. The van der Waals surface area contributed by atoms with Gasteiger partial charge in [-0.25, -0.2) is 4.79 Å². The molecule has 0 bridgehead atoms. The third-order valence-corrected chi connectivity index (χ3v) is 7.86. The first-order valence-corrected chi connectivity index (χ1v) is 11.8. The highest BCUT2D eigenvalue weighted by Gasteiger charge is 2.54. The number of esters is 2. The Morgan fingerprint density at radius 1 is 0.962 bits per heavy atom. The summed E-state index contributed by atoms with van der Waals surface area (Å²) in [5, 5.41) is -4.95. The van der Waals surface area contributed by atoms with Gasteiger partial charge in [0.25, 0.3) is 0 Å². The van der Waals surface area contributed by atoms with Crippen LogP contribution in [0.2, 0.25) is 0 Å². The fourth-order valence-electron chi connectivity index (χ4n) is 1.64. The Hall–Kier alpha value is 0.170. The first-order valence-electron chi connectivity index (χ1n) is 7.80. The van der Waals surface area contributed by atoms with Gasteiger partial charge in [0.1, 0.15) is 3.42 Å². The molecule has 0 aliphatic carbocycles. The van der Waals surface area contributed by atoms with E-state index in [9.17, 15) is 26.8 Å². The van der Waals surface area contributed by atoms with Crippen LogP contribution in [0.25, 0.3) is 0 Å². The summed E-state index contributed by atoms with van der Waals surface area (Å²) in [4.78, 5) is 22.6. The fourth-order valence-corrected chi connectivity index (χ4v) is 2.37. The first-order chi connectivity index (χ1) is 11.9. The zero-order valence-electron chi connectivity index (χ0n) is 14.2. The number of ether oxygens (including phenoxy) is 2. The van der Waals surface area contributed by atoms with E-state index in [2.05, 4.69) is 49.9 Å². The molecule has 7 nitrogen and oxygen atoms in total. The third-order valence-electron chi connectivity index (χ3n) is 3.24. The van der Waals surface area contributed by atoms with Crippen LogP contribution in [0.15, 0.2) is 0 Å². The van der Waals surface area contributed by atoms with Crippen LogP contribution in [0.5, 0.6) is 0 Å². The molecule has 26 heavy (non-hydrogen) atoms. The standard InChI is InChI=1S/C14H22F2I2O7S/c1-13(18,10-17)11(19)24-8-6-4-2-3-5-7-9-25-12(20)14(15,16)26(21,22)23/h2-10H2,1H3,(H,21,22,23). The summed E-state index contributed by atoms with van der Waals surface area (Å²) in [7, 11) is -5.82. The van der Waals surface area contributed by atoms with Crippen LogP contribution in [-0.2, 0) is 29.2 Å². The second-order valence-corrected chi connectivity index (χ2v) is 10.3. The van der Waals surface area contributed by atoms with E-state index in [0.717, 1.165) is 25.7 Å². The molecule has 0 aliphatic heterocycles. The predicted molar refractivity (Wildman–Crippen MR) is 107 cm³/mol. The van der Waals surface area contributed by atoms with Crippen LogP contribution >= 0.6 is 45.2 Å². The molecule has 1 atom stereocenters. The van der Waals surface area contributed by atoms with Gasteiger partial charge in [0.2, 0.25) is 0 Å². The van der Waals surface area contributed by atoms with E-state index in [1.54, 1.807) is 6.92 Å². The minimum absolute atomic E-state index is 0.240. The highest BCUT2D eigenvalue weighted by atomic mass is 127. The molecule has 154 valence electrons. The van der Waals surface area contributed by atoms with Crippen LogP contribution in [-0.4, -0.2) is 51.2 Å². The predicted octanol–water partition coefficient (Wildman–Crippen LogP) is 3.52. The van der Waals surface area contributed by atoms with E-state index in [4.69, 9.17) is 9.29 Å². The van der Waals surface area contributed by atoms with E-state index in [1.807, 2.05) is 0 Å². The van der Waals surface area contributed by atoms with Gasteiger partial charge in [0.05, 0.1) is 13.2 Å². The molecule has 0 aliphatic rings. The average molecular weight is 626 g/mol. The Bertz CT molecular complexity index is 568. The van der Waals surface area contributed by atoms with Crippen molar-refractivity contribution in [1.82, 2.24) is 0 Å². The average Bonchev–Trinajstić information content (AvgIpc) is 2.54. The Kier molecular flexibility index (Phi) is 12.0. The van der Waals surface area contributed by atoms with Crippen molar-refractivity contribution in [2.45, 2.75) is 54.1 Å². The number of carbonyl (C=O) groups excluding carboxylic acids is 2. The molecule has 0 aromatic rings. The molecule has 0 radical (unpaired) electrons. The molecule has 0 saturated carbocycles. The Labute approximate surface area is 179 Å². The van der Waals surface area contributed by atoms with E-state index in [1.165, 1.54) is 0 Å². The molecule has 0 fully saturated rings. The molecule has 0 saturated heterocycles. The largest absolute Gasteiger partial charge is 0.465 e. The maximum atomic E-state index is 12.9. The number of halogens is 4. The number of carbonyl (C=O) groups is 2. The van der Waals surface area contributed by atoms with Crippen LogP contribution in [0.1, 0.15) is 45.4 Å². The Morgan fingerprint density at radius 3 is 1.73 bits per heavy atom. The highest BCUT2D eigenvalue weighted by molar-refractivity contribution is 14.1. The van der Waals surface area contributed by atoms with Crippen LogP contribution in [0.4, 0.5) is 8.78 Å². The first kappa shape index (κ1) is 26.2. The molecule has 0 heterocycles. The molecular formula is C14H22F2I2O7S. The zero-order valence-corrected chi connectivity index (χ0v) is 19.3. The van der Waals surface area contributed by atoms with Crippen molar-refractivity contribution in [3.8, 4) is 0 Å². The van der Waals surface area contributed by atoms with E-state index >= 15 is 0 Å². The van der Waals surface area contributed by atoms with Crippen LogP contribution < -0.4 is 0 Å². The smallest absolute Gasteiger partial charge is 0.465 e. The lowest BCUT2D eigenvalue weighted by atomic mass is 10.1. The quantitative estimate of drug-likeness (QED) is 0.110. The molecule has 0 rings (SSSR count). The van der Waals surface area contributed by atoms with Gasteiger partial charge < -0.3 is 9.47 Å².